The van der Waals surface area contributed by atoms with E-state index in [4.69, 9.17) is 0 Å². The number of amides is 1. The zero-order chi connectivity index (χ0) is 19.5. The summed E-state index contributed by atoms with van der Waals surface area (Å²) in [7, 11) is 0. The topological polar surface area (TPSA) is 61.7 Å². The molecule has 4 nitrogen and oxygen atoms in total. The van der Waals surface area contributed by atoms with E-state index in [1.165, 1.54) is 6.07 Å². The number of hydrogen-bond acceptors (Lipinski definition) is 3. The Morgan fingerprint density at radius 2 is 1.65 bits per heavy atom. The molecule has 0 radical (unpaired) electrons. The molecule has 0 atom stereocenters. The third-order valence-corrected chi connectivity index (χ3v) is 3.20. The number of benzene rings is 2. The number of phenolic OH excluding ortho intramolecular Hbond substituents is 1. The molecule has 0 bridgehead atoms. The van der Waals surface area contributed by atoms with Crippen LogP contribution >= 0.6 is 0 Å². The van der Waals surface area contributed by atoms with Gasteiger partial charge in [-0.05, 0) is 30.3 Å². The Morgan fingerprint density at radius 1 is 1.00 bits per heavy atom. The Morgan fingerprint density at radius 3 is 2.27 bits per heavy atom. The summed E-state index contributed by atoms with van der Waals surface area (Å²) in [5, 5.41) is 12.8. The monoisotopic (exact) mass is 376 g/mol. The van der Waals surface area contributed by atoms with E-state index in [0.29, 0.717) is 24.4 Å². The smallest absolute Gasteiger partial charge is 0.417 e. The largest absolute Gasteiger partial charge is 0.507 e. The first-order valence-electron chi connectivity index (χ1n) is 6.90. The average molecular weight is 376 g/mol. The number of nitrogens with zero attached hydrogens (tertiary/aromatic N) is 1. The summed E-state index contributed by atoms with van der Waals surface area (Å²) < 4.78 is 76.4. The van der Waals surface area contributed by atoms with E-state index < -0.39 is 40.7 Å². The zero-order valence-corrected chi connectivity index (χ0v) is 12.7. The molecule has 0 fully saturated rings. The van der Waals surface area contributed by atoms with Gasteiger partial charge in [0.15, 0.2) is 0 Å². The highest BCUT2D eigenvalue weighted by Gasteiger charge is 2.35. The number of carbonyl (C=O) groups is 1. The van der Waals surface area contributed by atoms with Crippen molar-refractivity contribution in [1.82, 2.24) is 5.43 Å². The maximum absolute atomic E-state index is 12.8. The van der Waals surface area contributed by atoms with Crippen LogP contribution < -0.4 is 5.43 Å². The van der Waals surface area contributed by atoms with Crippen molar-refractivity contribution in [1.29, 1.82) is 0 Å². The molecule has 0 saturated carbocycles. The zero-order valence-electron chi connectivity index (χ0n) is 12.7. The molecule has 0 heterocycles. The molecule has 0 aliphatic rings. The average Bonchev–Trinajstić information content (AvgIpc) is 2.54. The third-order valence-electron chi connectivity index (χ3n) is 3.20. The molecule has 2 rings (SSSR count). The molecular weight excluding hydrogens is 366 g/mol. The highest BCUT2D eigenvalue weighted by atomic mass is 19.4. The SMILES string of the molecule is O=C(N/N=C/c1cc(C(F)(F)F)ccc1O)c1ccccc1C(F)(F)F. The number of hydrogen-bond donors (Lipinski definition) is 2. The van der Waals surface area contributed by atoms with Crippen LogP contribution in [0.2, 0.25) is 0 Å². The number of phenols is 1. The van der Waals surface area contributed by atoms with Gasteiger partial charge in [0.2, 0.25) is 0 Å². The standard InChI is InChI=1S/C16H10F6N2O2/c17-15(18,19)10-5-6-13(25)9(7-10)8-23-24-14(26)11-3-1-2-4-12(11)16(20,21)22/h1-8,25H,(H,24,26)/b23-8+. The fraction of sp³-hybridized carbons (Fsp3) is 0.125. The second kappa shape index (κ2) is 7.06. The van der Waals surface area contributed by atoms with Crippen molar-refractivity contribution < 1.29 is 36.2 Å². The molecule has 0 aliphatic carbocycles. The summed E-state index contributed by atoms with van der Waals surface area (Å²) in [6, 6.07) is 5.95. The summed E-state index contributed by atoms with van der Waals surface area (Å²) >= 11 is 0. The van der Waals surface area contributed by atoms with Gasteiger partial charge in [-0.3, -0.25) is 4.79 Å². The minimum atomic E-state index is -4.77. The summed E-state index contributed by atoms with van der Waals surface area (Å²) in [6.45, 7) is 0. The Hall–Kier alpha value is -3.04. The summed E-state index contributed by atoms with van der Waals surface area (Å²) in [5.41, 5.74) is -1.54. The number of nitrogens with one attached hydrogen (secondary N) is 1. The number of alkyl halides is 6. The molecule has 138 valence electrons. The van der Waals surface area contributed by atoms with Gasteiger partial charge < -0.3 is 5.11 Å². The van der Waals surface area contributed by atoms with Crippen LogP contribution in [0.5, 0.6) is 5.75 Å². The number of hydrazone groups is 1. The van der Waals surface area contributed by atoms with Crippen LogP contribution in [0, 0.1) is 0 Å². The first-order chi connectivity index (χ1) is 12.0. The van der Waals surface area contributed by atoms with Crippen LogP contribution in [-0.2, 0) is 12.4 Å². The van der Waals surface area contributed by atoms with Crippen molar-refractivity contribution in [2.75, 3.05) is 0 Å². The fourth-order valence-corrected chi connectivity index (χ4v) is 1.98. The lowest BCUT2D eigenvalue weighted by Crippen LogP contribution is -2.22. The Labute approximate surface area is 142 Å². The van der Waals surface area contributed by atoms with Crippen molar-refractivity contribution >= 4 is 12.1 Å². The lowest BCUT2D eigenvalue weighted by Gasteiger charge is -2.11. The van der Waals surface area contributed by atoms with Gasteiger partial charge in [0.1, 0.15) is 5.75 Å². The Kier molecular flexibility index (Phi) is 5.24. The second-order valence-corrected chi connectivity index (χ2v) is 5.01. The molecule has 10 heteroatoms. The van der Waals surface area contributed by atoms with Crippen molar-refractivity contribution in [3.8, 4) is 5.75 Å². The maximum Gasteiger partial charge on any atom is 0.417 e. The minimum Gasteiger partial charge on any atom is -0.507 e. The fourth-order valence-electron chi connectivity index (χ4n) is 1.98. The minimum absolute atomic E-state index is 0.371. The van der Waals surface area contributed by atoms with Gasteiger partial charge in [-0.25, -0.2) is 5.43 Å². The van der Waals surface area contributed by atoms with E-state index in [9.17, 15) is 36.2 Å². The quantitative estimate of drug-likeness (QED) is 0.479. The highest BCUT2D eigenvalue weighted by molar-refractivity contribution is 5.96. The first-order valence-corrected chi connectivity index (χ1v) is 6.90. The van der Waals surface area contributed by atoms with Crippen LogP contribution in [0.4, 0.5) is 26.3 Å². The van der Waals surface area contributed by atoms with Crippen molar-refractivity contribution in [2.45, 2.75) is 12.4 Å². The van der Waals surface area contributed by atoms with Gasteiger partial charge in [0.05, 0.1) is 22.9 Å². The van der Waals surface area contributed by atoms with Gasteiger partial charge in [-0.1, -0.05) is 12.1 Å². The van der Waals surface area contributed by atoms with E-state index in [2.05, 4.69) is 5.10 Å². The molecule has 26 heavy (non-hydrogen) atoms. The van der Waals surface area contributed by atoms with E-state index in [0.717, 1.165) is 18.2 Å². The highest BCUT2D eigenvalue weighted by Crippen LogP contribution is 2.32. The third kappa shape index (κ3) is 4.52. The van der Waals surface area contributed by atoms with Gasteiger partial charge in [0, 0.05) is 5.56 Å². The molecule has 0 saturated heterocycles. The van der Waals surface area contributed by atoms with Gasteiger partial charge in [-0.2, -0.15) is 31.4 Å². The molecule has 0 unspecified atom stereocenters. The molecule has 0 aliphatic heterocycles. The van der Waals surface area contributed by atoms with Crippen LogP contribution in [0.25, 0.3) is 0 Å². The molecule has 1 amide bonds. The Bertz CT molecular complexity index is 843. The van der Waals surface area contributed by atoms with Crippen LogP contribution in [0.3, 0.4) is 0 Å². The second-order valence-electron chi connectivity index (χ2n) is 5.01. The van der Waals surface area contributed by atoms with Crippen LogP contribution in [0.15, 0.2) is 47.6 Å². The van der Waals surface area contributed by atoms with Gasteiger partial charge in [-0.15, -0.1) is 0 Å². The summed E-state index contributed by atoms with van der Waals surface area (Å²) in [5.74, 6) is -1.76. The predicted octanol–water partition coefficient (Wildman–Crippen LogP) is 4.19. The lowest BCUT2D eigenvalue weighted by molar-refractivity contribution is -0.138. The maximum atomic E-state index is 12.8. The molecular formula is C16H10F6N2O2. The van der Waals surface area contributed by atoms with Gasteiger partial charge >= 0.3 is 12.4 Å². The number of halogens is 6. The van der Waals surface area contributed by atoms with E-state index in [-0.39, 0.29) is 5.56 Å². The van der Waals surface area contributed by atoms with Crippen LogP contribution in [-0.4, -0.2) is 17.2 Å². The number of rotatable bonds is 3. The molecule has 2 aromatic carbocycles. The van der Waals surface area contributed by atoms with E-state index in [1.54, 1.807) is 5.43 Å². The normalized spacial score (nSPS) is 12.4. The van der Waals surface area contributed by atoms with Crippen LogP contribution in [0.1, 0.15) is 27.0 Å². The summed E-state index contributed by atoms with van der Waals surface area (Å²) in [4.78, 5) is 11.8. The van der Waals surface area contributed by atoms with E-state index in [1.807, 2.05) is 0 Å². The molecule has 0 aromatic heterocycles. The Balaban J connectivity index is 2.21. The van der Waals surface area contributed by atoms with E-state index >= 15 is 0 Å². The number of carbonyl (C=O) groups excluding carboxylic acids is 1. The van der Waals surface area contributed by atoms with Crippen molar-refractivity contribution in [3.05, 3.63) is 64.7 Å². The van der Waals surface area contributed by atoms with Gasteiger partial charge in [0.25, 0.3) is 5.91 Å². The molecule has 2 aromatic rings. The van der Waals surface area contributed by atoms with Crippen molar-refractivity contribution in [3.63, 3.8) is 0 Å². The predicted molar refractivity (Wildman–Crippen MR) is 79.6 cm³/mol. The lowest BCUT2D eigenvalue weighted by atomic mass is 10.1. The van der Waals surface area contributed by atoms with Crippen molar-refractivity contribution in [2.24, 2.45) is 5.10 Å². The first kappa shape index (κ1) is 19.3. The number of aromatic hydroxyl groups is 1. The molecule has 0 spiro atoms. The summed E-state index contributed by atoms with van der Waals surface area (Å²) in [6.07, 6.45) is -8.74. The molecule has 2 N–H and O–H groups in total.